The van der Waals surface area contributed by atoms with Crippen LogP contribution >= 0.6 is 35.3 Å². The molecule has 2 aromatic rings. The Kier molecular flexibility index (Phi) is 10.3. The summed E-state index contributed by atoms with van der Waals surface area (Å²) in [6.07, 6.45) is 4.22. The second-order valence-corrected chi connectivity index (χ2v) is 6.79. The van der Waals surface area contributed by atoms with E-state index in [0.717, 1.165) is 17.2 Å². The van der Waals surface area contributed by atoms with E-state index in [1.54, 1.807) is 31.7 Å². The molecule has 0 aliphatic heterocycles. The third kappa shape index (κ3) is 7.73. The highest BCUT2D eigenvalue weighted by Crippen LogP contribution is 2.16. The van der Waals surface area contributed by atoms with E-state index < -0.39 is 0 Å². The molecule has 0 fully saturated rings. The zero-order valence-corrected chi connectivity index (χ0v) is 18.4. The highest BCUT2D eigenvalue weighted by molar-refractivity contribution is 14.0. The third-order valence-corrected chi connectivity index (χ3v) is 4.57. The van der Waals surface area contributed by atoms with Crippen LogP contribution in [0.3, 0.4) is 0 Å². The van der Waals surface area contributed by atoms with Gasteiger partial charge < -0.3 is 20.0 Å². The zero-order valence-electron chi connectivity index (χ0n) is 15.3. The Balaban J connectivity index is 0.00000338. The average Bonchev–Trinajstić information content (AvgIpc) is 3.29. The van der Waals surface area contributed by atoms with Gasteiger partial charge in [0.15, 0.2) is 5.96 Å². The van der Waals surface area contributed by atoms with Crippen molar-refractivity contribution in [2.45, 2.75) is 19.3 Å². The van der Waals surface area contributed by atoms with Crippen LogP contribution < -0.4 is 10.6 Å². The summed E-state index contributed by atoms with van der Waals surface area (Å²) in [5, 5.41) is 9.58. The molecule has 0 radical (unpaired) electrons. The van der Waals surface area contributed by atoms with E-state index in [9.17, 15) is 4.79 Å². The van der Waals surface area contributed by atoms with Gasteiger partial charge in [-0.3, -0.25) is 4.79 Å². The van der Waals surface area contributed by atoms with Crippen molar-refractivity contribution in [3.05, 3.63) is 40.7 Å². The van der Waals surface area contributed by atoms with Crippen molar-refractivity contribution in [3.63, 3.8) is 0 Å². The average molecular weight is 491 g/mol. The molecule has 2 aromatic heterocycles. The molecular formula is C17H26IN5O2S. The summed E-state index contributed by atoms with van der Waals surface area (Å²) in [7, 11) is 3.44. The molecule has 0 aliphatic carbocycles. The molecule has 2 rings (SSSR count). The number of carbonyl (C=O) groups excluding carboxylic acids is 1. The Morgan fingerprint density at radius 3 is 2.85 bits per heavy atom. The molecule has 144 valence electrons. The largest absolute Gasteiger partial charge is 0.469 e. The Morgan fingerprint density at radius 2 is 2.23 bits per heavy atom. The maximum atomic E-state index is 11.8. The number of hydrogen-bond donors (Lipinski definition) is 2. The van der Waals surface area contributed by atoms with Crippen LogP contribution in [0.2, 0.25) is 0 Å². The first-order chi connectivity index (χ1) is 12.1. The number of thiazole rings is 1. The monoisotopic (exact) mass is 491 g/mol. The van der Waals surface area contributed by atoms with Gasteiger partial charge in [-0.05, 0) is 12.1 Å². The number of nitrogens with one attached hydrogen (secondary N) is 2. The van der Waals surface area contributed by atoms with E-state index in [1.165, 1.54) is 4.90 Å². The molecular weight excluding hydrogens is 465 g/mol. The number of aromatic nitrogens is 1. The molecule has 0 spiro atoms. The molecule has 26 heavy (non-hydrogen) atoms. The highest BCUT2D eigenvalue weighted by atomic mass is 127. The molecule has 0 aliphatic rings. The van der Waals surface area contributed by atoms with Gasteiger partial charge in [0.2, 0.25) is 5.91 Å². The van der Waals surface area contributed by atoms with Gasteiger partial charge in [-0.2, -0.15) is 0 Å². The van der Waals surface area contributed by atoms with Gasteiger partial charge in [-0.15, -0.1) is 35.3 Å². The topological polar surface area (TPSA) is 82.8 Å². The highest BCUT2D eigenvalue weighted by Gasteiger charge is 2.10. The number of halogens is 1. The van der Waals surface area contributed by atoms with Crippen molar-refractivity contribution < 1.29 is 9.21 Å². The van der Waals surface area contributed by atoms with Crippen molar-refractivity contribution in [1.82, 2.24) is 20.5 Å². The first kappa shape index (κ1) is 22.4. The van der Waals surface area contributed by atoms with Crippen molar-refractivity contribution in [3.8, 4) is 0 Å². The predicted octanol–water partition coefficient (Wildman–Crippen LogP) is 2.32. The smallest absolute Gasteiger partial charge is 0.243 e. The van der Waals surface area contributed by atoms with Gasteiger partial charge in [0, 0.05) is 51.1 Å². The van der Waals surface area contributed by atoms with E-state index in [4.69, 9.17) is 4.42 Å². The summed E-state index contributed by atoms with van der Waals surface area (Å²) in [6, 6.07) is 3.81. The fourth-order valence-electron chi connectivity index (χ4n) is 2.04. The minimum Gasteiger partial charge on any atom is -0.469 e. The van der Waals surface area contributed by atoms with E-state index in [2.05, 4.69) is 27.5 Å². The van der Waals surface area contributed by atoms with Crippen molar-refractivity contribution in [2.24, 2.45) is 4.99 Å². The summed E-state index contributed by atoms with van der Waals surface area (Å²) in [5.41, 5.74) is 0. The number of aliphatic imine (C=N–C) groups is 1. The lowest BCUT2D eigenvalue weighted by molar-refractivity contribution is -0.127. The summed E-state index contributed by atoms with van der Waals surface area (Å²) in [4.78, 5) is 22.0. The van der Waals surface area contributed by atoms with E-state index in [1.807, 2.05) is 23.7 Å². The molecule has 0 saturated carbocycles. The van der Waals surface area contributed by atoms with Crippen LogP contribution in [0.5, 0.6) is 0 Å². The van der Waals surface area contributed by atoms with Crippen LogP contribution in [-0.4, -0.2) is 55.5 Å². The standard InChI is InChI=1S/C17H25N5O2S.HI/c1-13(16-18-8-10-25-16)11-20-17(21-12-15(23)22(2)3)19-7-6-14-5-4-9-24-14;/h4-5,8-10,13H,6-7,11-12H2,1-3H3,(H2,19,20,21);1H. The van der Waals surface area contributed by atoms with Gasteiger partial charge in [-0.25, -0.2) is 9.98 Å². The second-order valence-electron chi connectivity index (χ2n) is 5.86. The first-order valence-electron chi connectivity index (χ1n) is 8.20. The van der Waals surface area contributed by atoms with Crippen LogP contribution in [-0.2, 0) is 11.2 Å². The Bertz CT molecular complexity index is 659. The van der Waals surface area contributed by atoms with Crippen molar-refractivity contribution in [1.29, 1.82) is 0 Å². The van der Waals surface area contributed by atoms with Crippen LogP contribution in [0, 0.1) is 0 Å². The fourth-order valence-corrected chi connectivity index (χ4v) is 2.73. The molecule has 1 atom stereocenters. The molecule has 0 bridgehead atoms. The number of likely N-dealkylation sites (N-methyl/N-ethyl adjacent to an activating group) is 1. The van der Waals surface area contributed by atoms with E-state index in [-0.39, 0.29) is 42.3 Å². The number of rotatable bonds is 8. The van der Waals surface area contributed by atoms with E-state index >= 15 is 0 Å². The van der Waals surface area contributed by atoms with Crippen LogP contribution in [0.15, 0.2) is 39.4 Å². The summed E-state index contributed by atoms with van der Waals surface area (Å²) >= 11 is 1.64. The van der Waals surface area contributed by atoms with Gasteiger partial charge in [-0.1, -0.05) is 6.92 Å². The molecule has 7 nitrogen and oxygen atoms in total. The van der Waals surface area contributed by atoms with Crippen LogP contribution in [0.25, 0.3) is 0 Å². The maximum Gasteiger partial charge on any atom is 0.243 e. The second kappa shape index (κ2) is 11.9. The fraction of sp³-hybridized carbons (Fsp3) is 0.471. The number of nitrogens with zero attached hydrogens (tertiary/aromatic N) is 3. The molecule has 1 unspecified atom stereocenters. The molecule has 9 heteroatoms. The number of guanidine groups is 1. The van der Waals surface area contributed by atoms with Gasteiger partial charge in [0.05, 0.1) is 11.3 Å². The van der Waals surface area contributed by atoms with E-state index in [0.29, 0.717) is 19.0 Å². The number of furan rings is 1. The SMILES string of the molecule is CC(CNC(=NCC(=O)N(C)C)NCCc1ccco1)c1nccs1.I. The van der Waals surface area contributed by atoms with Crippen molar-refractivity contribution in [2.75, 3.05) is 33.7 Å². The first-order valence-corrected chi connectivity index (χ1v) is 9.08. The number of amides is 1. The van der Waals surface area contributed by atoms with Crippen LogP contribution in [0.4, 0.5) is 0 Å². The zero-order chi connectivity index (χ0) is 18.1. The molecule has 2 N–H and O–H groups in total. The van der Waals surface area contributed by atoms with Gasteiger partial charge in [0.1, 0.15) is 12.3 Å². The summed E-state index contributed by atoms with van der Waals surface area (Å²) in [6.45, 7) is 3.57. The normalized spacial score (nSPS) is 12.2. The third-order valence-electron chi connectivity index (χ3n) is 3.56. The lowest BCUT2D eigenvalue weighted by Gasteiger charge is -2.15. The quantitative estimate of drug-likeness (QED) is 0.337. The minimum absolute atomic E-state index is 0. The molecule has 1 amide bonds. The lowest BCUT2D eigenvalue weighted by Crippen LogP contribution is -2.41. The van der Waals surface area contributed by atoms with Crippen molar-refractivity contribution >= 4 is 47.2 Å². The van der Waals surface area contributed by atoms with Crippen LogP contribution in [0.1, 0.15) is 23.6 Å². The van der Waals surface area contributed by atoms with Gasteiger partial charge in [0.25, 0.3) is 0 Å². The number of hydrogen-bond acceptors (Lipinski definition) is 5. The summed E-state index contributed by atoms with van der Waals surface area (Å²) in [5.74, 6) is 1.75. The minimum atomic E-state index is -0.0416. The Hall–Kier alpha value is -1.62. The molecule has 0 aromatic carbocycles. The predicted molar refractivity (Wildman–Crippen MR) is 115 cm³/mol. The maximum absolute atomic E-state index is 11.8. The number of carbonyl (C=O) groups is 1. The summed E-state index contributed by atoms with van der Waals surface area (Å²) < 4.78 is 5.32. The molecule has 2 heterocycles. The van der Waals surface area contributed by atoms with Gasteiger partial charge >= 0.3 is 0 Å². The lowest BCUT2D eigenvalue weighted by atomic mass is 10.2. The molecule has 0 saturated heterocycles. The Morgan fingerprint density at radius 1 is 1.42 bits per heavy atom. The Labute approximate surface area is 175 Å².